The lowest BCUT2D eigenvalue weighted by atomic mass is 10.2. The Kier molecular flexibility index (Phi) is 4.76. The molecule has 0 saturated carbocycles. The van der Waals surface area contributed by atoms with Gasteiger partial charge in [0, 0.05) is 0 Å². The summed E-state index contributed by atoms with van der Waals surface area (Å²) >= 11 is 11.8. The summed E-state index contributed by atoms with van der Waals surface area (Å²) in [7, 11) is 0. The molecule has 0 radical (unpaired) electrons. The van der Waals surface area contributed by atoms with Gasteiger partial charge in [-0.15, -0.1) is 0 Å². The molecule has 2 rings (SSSR count). The first-order valence-corrected chi connectivity index (χ1v) is 6.58. The highest BCUT2D eigenvalue weighted by molar-refractivity contribution is 6.38. The first kappa shape index (κ1) is 14.6. The molecular formula is C13H11Cl2N3O2. The zero-order chi connectivity index (χ0) is 14.5. The number of carbonyl (C=O) groups is 1. The molecule has 7 heteroatoms. The summed E-state index contributed by atoms with van der Waals surface area (Å²) in [5.41, 5.74) is 0.553. The molecule has 1 aromatic carbocycles. The van der Waals surface area contributed by atoms with E-state index in [2.05, 4.69) is 15.3 Å². The number of hydrogen-bond acceptors (Lipinski definition) is 4. The molecular weight excluding hydrogens is 301 g/mol. The van der Waals surface area contributed by atoms with Crippen molar-refractivity contribution in [2.45, 2.75) is 6.92 Å². The quantitative estimate of drug-likeness (QED) is 0.879. The van der Waals surface area contributed by atoms with Crippen LogP contribution >= 0.6 is 23.2 Å². The minimum absolute atomic E-state index is 0.0761. The lowest BCUT2D eigenvalue weighted by Gasteiger charge is -2.11. The number of hydrogen-bond donors (Lipinski definition) is 1. The molecule has 0 bridgehead atoms. The molecule has 5 nitrogen and oxygen atoms in total. The number of para-hydroxylation sites is 1. The fourth-order valence-corrected chi connectivity index (χ4v) is 1.97. The maximum Gasteiger partial charge on any atom is 0.259 e. The van der Waals surface area contributed by atoms with Crippen LogP contribution in [0.4, 0.5) is 5.69 Å². The van der Waals surface area contributed by atoms with Crippen LogP contribution in [-0.2, 0) is 0 Å². The number of rotatable bonds is 4. The van der Waals surface area contributed by atoms with E-state index in [1.165, 1.54) is 6.33 Å². The third-order valence-corrected chi connectivity index (χ3v) is 3.00. The molecule has 0 aliphatic rings. The Morgan fingerprint density at radius 3 is 2.55 bits per heavy atom. The Hall–Kier alpha value is -1.85. The number of halogens is 2. The molecule has 0 aliphatic heterocycles. The van der Waals surface area contributed by atoms with E-state index in [1.807, 2.05) is 6.92 Å². The summed E-state index contributed by atoms with van der Waals surface area (Å²) in [6.45, 7) is 2.30. The fourth-order valence-electron chi connectivity index (χ4n) is 1.56. The Labute approximate surface area is 125 Å². The van der Waals surface area contributed by atoms with Crippen molar-refractivity contribution >= 4 is 34.8 Å². The molecule has 0 aliphatic carbocycles. The van der Waals surface area contributed by atoms with Crippen molar-refractivity contribution in [1.82, 2.24) is 9.97 Å². The molecule has 2 aromatic rings. The van der Waals surface area contributed by atoms with Crippen LogP contribution in [0.25, 0.3) is 0 Å². The van der Waals surface area contributed by atoms with Gasteiger partial charge in [0.25, 0.3) is 5.91 Å². The molecule has 1 aromatic heterocycles. The van der Waals surface area contributed by atoms with Crippen LogP contribution in [0.1, 0.15) is 17.3 Å². The van der Waals surface area contributed by atoms with Crippen LogP contribution < -0.4 is 10.1 Å². The number of nitrogens with one attached hydrogen (secondary N) is 1. The summed E-state index contributed by atoms with van der Waals surface area (Å²) in [6.07, 6.45) is 1.22. The largest absolute Gasteiger partial charge is 0.493 e. The Morgan fingerprint density at radius 2 is 1.90 bits per heavy atom. The van der Waals surface area contributed by atoms with E-state index in [1.54, 1.807) is 24.3 Å². The van der Waals surface area contributed by atoms with Crippen LogP contribution in [0.15, 0.2) is 30.6 Å². The summed E-state index contributed by atoms with van der Waals surface area (Å²) < 4.78 is 5.40. The van der Waals surface area contributed by atoms with E-state index in [0.29, 0.717) is 17.9 Å². The van der Waals surface area contributed by atoms with E-state index < -0.39 is 5.91 Å². The van der Waals surface area contributed by atoms with Gasteiger partial charge in [0.1, 0.15) is 17.8 Å². The summed E-state index contributed by atoms with van der Waals surface area (Å²) in [6, 6.07) is 6.88. The van der Waals surface area contributed by atoms with Crippen molar-refractivity contribution in [3.05, 3.63) is 46.5 Å². The van der Waals surface area contributed by atoms with Crippen molar-refractivity contribution in [2.75, 3.05) is 11.9 Å². The van der Waals surface area contributed by atoms with E-state index in [-0.39, 0.29) is 16.0 Å². The molecule has 0 saturated heterocycles. The topological polar surface area (TPSA) is 64.1 Å². The van der Waals surface area contributed by atoms with Crippen LogP contribution in [0.5, 0.6) is 5.75 Å². The average Bonchev–Trinajstić information content (AvgIpc) is 2.44. The predicted octanol–water partition coefficient (Wildman–Crippen LogP) is 3.43. The van der Waals surface area contributed by atoms with Crippen LogP contribution in [0, 0.1) is 0 Å². The van der Waals surface area contributed by atoms with E-state index in [4.69, 9.17) is 27.9 Å². The monoisotopic (exact) mass is 311 g/mol. The molecule has 1 amide bonds. The van der Waals surface area contributed by atoms with E-state index >= 15 is 0 Å². The fraction of sp³-hybridized carbons (Fsp3) is 0.154. The highest BCUT2D eigenvalue weighted by Gasteiger charge is 2.16. The maximum absolute atomic E-state index is 12.3. The van der Waals surface area contributed by atoms with Crippen molar-refractivity contribution in [1.29, 1.82) is 0 Å². The van der Waals surface area contributed by atoms with Gasteiger partial charge in [-0.2, -0.15) is 0 Å². The maximum atomic E-state index is 12.3. The molecule has 0 atom stereocenters. The smallest absolute Gasteiger partial charge is 0.259 e. The minimum atomic E-state index is -0.396. The zero-order valence-electron chi connectivity index (χ0n) is 10.6. The number of ether oxygens (including phenoxy) is 1. The second kappa shape index (κ2) is 6.54. The lowest BCUT2D eigenvalue weighted by Crippen LogP contribution is -2.15. The van der Waals surface area contributed by atoms with E-state index in [9.17, 15) is 4.79 Å². The number of anilines is 1. The average molecular weight is 312 g/mol. The van der Waals surface area contributed by atoms with Gasteiger partial charge in [-0.3, -0.25) is 4.79 Å². The Morgan fingerprint density at radius 1 is 1.25 bits per heavy atom. The first-order valence-electron chi connectivity index (χ1n) is 5.82. The second-order valence-corrected chi connectivity index (χ2v) is 4.43. The number of benzene rings is 1. The third kappa shape index (κ3) is 3.18. The zero-order valence-corrected chi connectivity index (χ0v) is 12.1. The molecule has 1 N–H and O–H groups in total. The predicted molar refractivity (Wildman–Crippen MR) is 77.6 cm³/mol. The second-order valence-electron chi connectivity index (χ2n) is 3.71. The van der Waals surface area contributed by atoms with Gasteiger partial charge in [-0.05, 0) is 19.1 Å². The number of nitrogens with zero attached hydrogens (tertiary/aromatic N) is 2. The van der Waals surface area contributed by atoms with Crippen LogP contribution in [0.3, 0.4) is 0 Å². The number of carbonyl (C=O) groups excluding carboxylic acids is 1. The Bertz CT molecular complexity index is 615. The highest BCUT2D eigenvalue weighted by Crippen LogP contribution is 2.27. The van der Waals surface area contributed by atoms with Crippen molar-refractivity contribution in [3.8, 4) is 5.75 Å². The van der Waals surface area contributed by atoms with Crippen LogP contribution in [-0.4, -0.2) is 22.5 Å². The van der Waals surface area contributed by atoms with E-state index in [0.717, 1.165) is 0 Å². The number of aromatic nitrogens is 2. The summed E-state index contributed by atoms with van der Waals surface area (Å²) in [5.74, 6) is 0.0873. The van der Waals surface area contributed by atoms with Gasteiger partial charge < -0.3 is 10.1 Å². The first-order chi connectivity index (χ1) is 9.63. The van der Waals surface area contributed by atoms with Crippen molar-refractivity contribution in [2.24, 2.45) is 0 Å². The summed E-state index contributed by atoms with van der Waals surface area (Å²) in [5, 5.41) is 2.74. The standard InChI is InChI=1S/C13H11Cl2N3O2/c1-2-20-9-6-4-3-5-8(9)13(19)18-10-11(14)16-7-17-12(10)15/h3-7H,2H2,1H3,(H,18,19). The molecule has 1 heterocycles. The van der Waals surface area contributed by atoms with Crippen molar-refractivity contribution < 1.29 is 9.53 Å². The minimum Gasteiger partial charge on any atom is -0.493 e. The summed E-state index contributed by atoms with van der Waals surface area (Å²) in [4.78, 5) is 19.8. The Balaban J connectivity index is 2.29. The SMILES string of the molecule is CCOc1ccccc1C(=O)Nc1c(Cl)ncnc1Cl. The van der Waals surface area contributed by atoms with Gasteiger partial charge in [0.2, 0.25) is 0 Å². The van der Waals surface area contributed by atoms with Gasteiger partial charge in [-0.1, -0.05) is 35.3 Å². The molecule has 0 fully saturated rings. The van der Waals surface area contributed by atoms with Gasteiger partial charge in [-0.25, -0.2) is 9.97 Å². The highest BCUT2D eigenvalue weighted by atomic mass is 35.5. The third-order valence-electron chi connectivity index (χ3n) is 2.42. The van der Waals surface area contributed by atoms with Crippen molar-refractivity contribution in [3.63, 3.8) is 0 Å². The lowest BCUT2D eigenvalue weighted by molar-refractivity contribution is 0.102. The van der Waals surface area contributed by atoms with Gasteiger partial charge >= 0.3 is 0 Å². The normalized spacial score (nSPS) is 10.2. The molecule has 104 valence electrons. The van der Waals surface area contributed by atoms with Gasteiger partial charge in [0.05, 0.1) is 12.2 Å². The molecule has 20 heavy (non-hydrogen) atoms. The molecule has 0 unspecified atom stereocenters. The molecule has 0 spiro atoms. The number of amides is 1. The van der Waals surface area contributed by atoms with Gasteiger partial charge in [0.15, 0.2) is 10.3 Å². The van der Waals surface area contributed by atoms with Crippen LogP contribution in [0.2, 0.25) is 10.3 Å².